The fourth-order valence-corrected chi connectivity index (χ4v) is 3.86. The minimum atomic E-state index is -0.0736. The Bertz CT molecular complexity index is 1080. The van der Waals surface area contributed by atoms with Gasteiger partial charge in [-0.05, 0) is 24.1 Å². The first-order chi connectivity index (χ1) is 12.8. The van der Waals surface area contributed by atoms with E-state index >= 15 is 0 Å². The van der Waals surface area contributed by atoms with Crippen LogP contribution in [-0.4, -0.2) is 14.6 Å². The number of aryl methyl sites for hydroxylation is 1. The van der Waals surface area contributed by atoms with Crippen molar-refractivity contribution in [1.29, 1.82) is 0 Å². The third-order valence-electron chi connectivity index (χ3n) is 4.29. The van der Waals surface area contributed by atoms with Crippen LogP contribution in [0.15, 0.2) is 76.4 Å². The van der Waals surface area contributed by atoms with Gasteiger partial charge in [-0.15, -0.1) is 11.8 Å². The highest BCUT2D eigenvalue weighted by molar-refractivity contribution is 7.98. The second-order valence-electron chi connectivity index (χ2n) is 6.03. The van der Waals surface area contributed by atoms with E-state index in [1.807, 2.05) is 36.4 Å². The molecule has 0 aliphatic rings. The molecule has 130 valence electrons. The second-order valence-corrected chi connectivity index (χ2v) is 7.08. The minimum Gasteiger partial charge on any atom is -0.293 e. The largest absolute Gasteiger partial charge is 0.293 e. The first kappa shape index (κ1) is 16.7. The van der Waals surface area contributed by atoms with E-state index in [9.17, 15) is 4.79 Å². The Morgan fingerprint density at radius 3 is 2.42 bits per heavy atom. The van der Waals surface area contributed by atoms with Crippen molar-refractivity contribution in [2.24, 2.45) is 0 Å². The van der Waals surface area contributed by atoms with E-state index in [4.69, 9.17) is 4.98 Å². The zero-order valence-corrected chi connectivity index (χ0v) is 15.3. The van der Waals surface area contributed by atoms with Gasteiger partial charge in [0.1, 0.15) is 0 Å². The van der Waals surface area contributed by atoms with E-state index in [-0.39, 0.29) is 5.56 Å². The maximum Gasteiger partial charge on any atom is 0.272 e. The highest BCUT2D eigenvalue weighted by Crippen LogP contribution is 2.28. The zero-order chi connectivity index (χ0) is 17.9. The first-order valence-corrected chi connectivity index (χ1v) is 9.61. The van der Waals surface area contributed by atoms with E-state index in [0.717, 1.165) is 28.9 Å². The third kappa shape index (κ3) is 3.18. The van der Waals surface area contributed by atoms with Crippen molar-refractivity contribution >= 4 is 17.4 Å². The fourth-order valence-electron chi connectivity index (χ4n) is 3.04. The predicted molar refractivity (Wildman–Crippen MR) is 107 cm³/mol. The molecule has 4 rings (SSSR count). The van der Waals surface area contributed by atoms with Gasteiger partial charge in [-0.25, -0.2) is 9.50 Å². The maximum atomic E-state index is 12.6. The van der Waals surface area contributed by atoms with Crippen LogP contribution < -0.4 is 5.56 Å². The van der Waals surface area contributed by atoms with Crippen LogP contribution in [0.1, 0.15) is 18.3 Å². The van der Waals surface area contributed by atoms with Crippen molar-refractivity contribution in [3.05, 3.63) is 88.5 Å². The molecule has 1 N–H and O–H groups in total. The summed E-state index contributed by atoms with van der Waals surface area (Å²) in [5.74, 6) is 0.663. The normalized spacial score (nSPS) is 11.1. The molecular formula is C21H19N3OS. The van der Waals surface area contributed by atoms with Gasteiger partial charge in [0, 0.05) is 28.0 Å². The van der Waals surface area contributed by atoms with Crippen molar-refractivity contribution in [3.8, 4) is 11.1 Å². The van der Waals surface area contributed by atoms with Gasteiger partial charge in [0.2, 0.25) is 0 Å². The van der Waals surface area contributed by atoms with Gasteiger partial charge < -0.3 is 0 Å². The molecule has 0 aliphatic carbocycles. The van der Waals surface area contributed by atoms with Crippen LogP contribution in [-0.2, 0) is 12.2 Å². The number of aromatic amines is 1. The summed E-state index contributed by atoms with van der Waals surface area (Å²) in [6.07, 6.45) is 0.807. The number of nitrogens with one attached hydrogen (secondary N) is 1. The summed E-state index contributed by atoms with van der Waals surface area (Å²) in [7, 11) is 0. The van der Waals surface area contributed by atoms with E-state index in [2.05, 4.69) is 36.3 Å². The molecule has 0 saturated carbocycles. The topological polar surface area (TPSA) is 50.2 Å². The highest BCUT2D eigenvalue weighted by atomic mass is 32.2. The lowest BCUT2D eigenvalue weighted by molar-refractivity contribution is 0.851. The number of nitrogens with zero attached hydrogens (tertiary/aromatic N) is 2. The van der Waals surface area contributed by atoms with Crippen LogP contribution >= 0.6 is 11.8 Å². The monoisotopic (exact) mass is 361 g/mol. The number of thioether (sulfide) groups is 1. The number of H-pyrrole nitrogens is 1. The first-order valence-electron chi connectivity index (χ1n) is 8.63. The van der Waals surface area contributed by atoms with Gasteiger partial charge in [-0.1, -0.05) is 55.5 Å². The molecule has 2 aromatic carbocycles. The molecule has 2 aromatic heterocycles. The minimum absolute atomic E-state index is 0.0736. The van der Waals surface area contributed by atoms with Crippen molar-refractivity contribution in [2.45, 2.75) is 24.0 Å². The van der Waals surface area contributed by atoms with E-state index in [0.29, 0.717) is 11.4 Å². The smallest absolute Gasteiger partial charge is 0.272 e. The van der Waals surface area contributed by atoms with Crippen LogP contribution in [0.5, 0.6) is 0 Å². The summed E-state index contributed by atoms with van der Waals surface area (Å²) in [5.41, 5.74) is 4.52. The Morgan fingerprint density at radius 2 is 1.73 bits per heavy atom. The SMILES string of the molecule is CCc1[nH]n2c(=O)cc(CSc3ccccc3)nc2c1-c1ccccc1. The molecule has 0 amide bonds. The molecule has 0 bridgehead atoms. The Labute approximate surface area is 155 Å². The molecule has 2 heterocycles. The lowest BCUT2D eigenvalue weighted by Gasteiger charge is -2.04. The Hall–Kier alpha value is -2.79. The van der Waals surface area contributed by atoms with Gasteiger partial charge in [-0.3, -0.25) is 9.89 Å². The van der Waals surface area contributed by atoms with Crippen LogP contribution in [0.25, 0.3) is 16.8 Å². The Balaban J connectivity index is 1.79. The molecule has 0 radical (unpaired) electrons. The van der Waals surface area contributed by atoms with Gasteiger partial charge in [-0.2, -0.15) is 0 Å². The number of aromatic nitrogens is 3. The molecule has 0 spiro atoms. The van der Waals surface area contributed by atoms with Crippen molar-refractivity contribution < 1.29 is 0 Å². The molecule has 0 atom stereocenters. The molecule has 0 aliphatic heterocycles. The molecule has 0 unspecified atom stereocenters. The summed E-state index contributed by atoms with van der Waals surface area (Å²) < 4.78 is 1.55. The third-order valence-corrected chi connectivity index (χ3v) is 5.34. The Morgan fingerprint density at radius 1 is 1.04 bits per heavy atom. The van der Waals surface area contributed by atoms with Crippen LogP contribution in [0.4, 0.5) is 0 Å². The lowest BCUT2D eigenvalue weighted by atomic mass is 10.0. The van der Waals surface area contributed by atoms with Gasteiger partial charge in [0.25, 0.3) is 5.56 Å². The lowest BCUT2D eigenvalue weighted by Crippen LogP contribution is -2.15. The van der Waals surface area contributed by atoms with Gasteiger partial charge >= 0.3 is 0 Å². The zero-order valence-electron chi connectivity index (χ0n) is 14.5. The number of hydrogen-bond acceptors (Lipinski definition) is 3. The molecular weight excluding hydrogens is 342 g/mol. The quantitative estimate of drug-likeness (QED) is 0.531. The van der Waals surface area contributed by atoms with Crippen molar-refractivity contribution in [3.63, 3.8) is 0 Å². The van der Waals surface area contributed by atoms with Crippen molar-refractivity contribution in [1.82, 2.24) is 14.6 Å². The van der Waals surface area contributed by atoms with Crippen LogP contribution in [0.3, 0.4) is 0 Å². The molecule has 0 fully saturated rings. The second kappa shape index (κ2) is 7.22. The summed E-state index contributed by atoms with van der Waals surface area (Å²) in [4.78, 5) is 18.6. The standard InChI is InChI=1S/C21H19N3OS/c1-2-18-20(15-9-5-3-6-10-15)21-22-16(13-19(25)24(21)23-18)14-26-17-11-7-4-8-12-17/h3-13,23H,2,14H2,1H3. The maximum absolute atomic E-state index is 12.6. The number of benzene rings is 2. The van der Waals surface area contributed by atoms with Crippen LogP contribution in [0, 0.1) is 0 Å². The summed E-state index contributed by atoms with van der Waals surface area (Å²) in [6.45, 7) is 2.08. The number of hydrogen-bond donors (Lipinski definition) is 1. The van der Waals surface area contributed by atoms with Gasteiger partial charge in [0.05, 0.1) is 5.69 Å². The summed E-state index contributed by atoms with van der Waals surface area (Å²) in [5, 5.41) is 3.22. The molecule has 5 heteroatoms. The molecule has 4 nitrogen and oxygen atoms in total. The van der Waals surface area contributed by atoms with E-state index in [1.54, 1.807) is 22.3 Å². The summed E-state index contributed by atoms with van der Waals surface area (Å²) in [6, 6.07) is 21.9. The molecule has 26 heavy (non-hydrogen) atoms. The Kier molecular flexibility index (Phi) is 4.63. The summed E-state index contributed by atoms with van der Waals surface area (Å²) >= 11 is 1.68. The van der Waals surface area contributed by atoms with E-state index in [1.165, 1.54) is 4.90 Å². The van der Waals surface area contributed by atoms with E-state index < -0.39 is 0 Å². The molecule has 0 saturated heterocycles. The number of rotatable bonds is 5. The highest BCUT2D eigenvalue weighted by Gasteiger charge is 2.16. The van der Waals surface area contributed by atoms with Crippen molar-refractivity contribution in [2.75, 3.05) is 0 Å². The average Bonchev–Trinajstić information content (AvgIpc) is 3.07. The molecule has 4 aromatic rings. The fraction of sp³-hybridized carbons (Fsp3) is 0.143. The average molecular weight is 361 g/mol. The predicted octanol–water partition coefficient (Wildman–Crippen LogP) is 4.54. The van der Waals surface area contributed by atoms with Gasteiger partial charge in [0.15, 0.2) is 5.65 Å². The number of fused-ring (bicyclic) bond motifs is 1. The van der Waals surface area contributed by atoms with Crippen LogP contribution in [0.2, 0.25) is 0 Å².